The van der Waals surface area contributed by atoms with E-state index in [0.29, 0.717) is 18.8 Å². The number of aliphatic hydroxyl groups is 1. The van der Waals surface area contributed by atoms with Crippen LogP contribution in [0.2, 0.25) is 0 Å². The van der Waals surface area contributed by atoms with Crippen LogP contribution in [0.3, 0.4) is 0 Å². The van der Waals surface area contributed by atoms with Gasteiger partial charge in [0.1, 0.15) is 11.6 Å². The maximum atomic E-state index is 12.9. The van der Waals surface area contributed by atoms with Gasteiger partial charge in [0.15, 0.2) is 0 Å². The number of anilines is 1. The molecule has 0 saturated carbocycles. The third-order valence-corrected chi connectivity index (χ3v) is 3.72. The first kappa shape index (κ1) is 15.4. The highest BCUT2D eigenvalue weighted by Crippen LogP contribution is 2.14. The largest absolute Gasteiger partial charge is 0.396 e. The van der Waals surface area contributed by atoms with Gasteiger partial charge in [-0.15, -0.1) is 0 Å². The average Bonchev–Trinajstić information content (AvgIpc) is 2.60. The van der Waals surface area contributed by atoms with Crippen LogP contribution >= 0.6 is 0 Å². The molecular formula is C18H18FN3O. The lowest BCUT2D eigenvalue weighted by atomic mass is 10.00. The van der Waals surface area contributed by atoms with Gasteiger partial charge in [-0.25, -0.2) is 9.37 Å². The number of aromatic nitrogens is 2. The van der Waals surface area contributed by atoms with Crippen molar-refractivity contribution in [2.45, 2.75) is 6.42 Å². The zero-order chi connectivity index (χ0) is 16.1. The molecule has 1 aromatic heterocycles. The minimum absolute atomic E-state index is 0.0220. The summed E-state index contributed by atoms with van der Waals surface area (Å²) in [6.07, 6.45) is 2.36. The second-order valence-corrected chi connectivity index (χ2v) is 5.50. The number of benzene rings is 2. The number of rotatable bonds is 6. The first-order chi connectivity index (χ1) is 11.2. The Balaban J connectivity index is 1.63. The zero-order valence-corrected chi connectivity index (χ0v) is 12.6. The molecule has 0 bridgehead atoms. The fraction of sp³-hybridized carbons (Fsp3) is 0.222. The quantitative estimate of drug-likeness (QED) is 0.734. The van der Waals surface area contributed by atoms with Crippen LogP contribution in [0.25, 0.3) is 11.0 Å². The van der Waals surface area contributed by atoms with E-state index in [9.17, 15) is 9.50 Å². The Hall–Kier alpha value is -2.53. The lowest BCUT2D eigenvalue weighted by Crippen LogP contribution is -2.20. The minimum atomic E-state index is -0.251. The van der Waals surface area contributed by atoms with Gasteiger partial charge in [0.2, 0.25) is 0 Å². The first-order valence-corrected chi connectivity index (χ1v) is 7.55. The molecule has 3 rings (SSSR count). The molecule has 0 amide bonds. The molecule has 1 atom stereocenters. The highest BCUT2D eigenvalue weighted by Gasteiger charge is 2.09. The van der Waals surface area contributed by atoms with Gasteiger partial charge in [0.25, 0.3) is 0 Å². The number of hydrogen-bond donors (Lipinski definition) is 2. The van der Waals surface area contributed by atoms with Crippen molar-refractivity contribution >= 4 is 16.9 Å². The van der Waals surface area contributed by atoms with E-state index in [1.54, 1.807) is 18.3 Å². The predicted molar refractivity (Wildman–Crippen MR) is 88.7 cm³/mol. The number of nitrogens with one attached hydrogen (secondary N) is 1. The SMILES string of the molecule is OC[C@@H](CNc1cnc2ccccc2n1)Cc1ccc(F)cc1. The number of nitrogens with zero attached hydrogens (tertiary/aromatic N) is 2. The fourth-order valence-electron chi connectivity index (χ4n) is 2.45. The second kappa shape index (κ2) is 7.15. The summed E-state index contributed by atoms with van der Waals surface area (Å²) in [5.41, 5.74) is 2.68. The third-order valence-electron chi connectivity index (χ3n) is 3.72. The van der Waals surface area contributed by atoms with Crippen molar-refractivity contribution in [2.75, 3.05) is 18.5 Å². The van der Waals surface area contributed by atoms with Crippen molar-refractivity contribution < 1.29 is 9.50 Å². The van der Waals surface area contributed by atoms with E-state index in [0.717, 1.165) is 16.6 Å². The van der Waals surface area contributed by atoms with E-state index in [1.165, 1.54) is 12.1 Å². The van der Waals surface area contributed by atoms with Gasteiger partial charge >= 0.3 is 0 Å². The molecule has 2 N–H and O–H groups in total. The summed E-state index contributed by atoms with van der Waals surface area (Å²) in [6, 6.07) is 14.0. The van der Waals surface area contributed by atoms with Crippen molar-refractivity contribution in [1.29, 1.82) is 0 Å². The van der Waals surface area contributed by atoms with Crippen LogP contribution in [0.5, 0.6) is 0 Å². The highest BCUT2D eigenvalue weighted by atomic mass is 19.1. The molecule has 5 heteroatoms. The number of halogens is 1. The lowest BCUT2D eigenvalue weighted by Gasteiger charge is -2.15. The van der Waals surface area contributed by atoms with Crippen molar-refractivity contribution in [3.63, 3.8) is 0 Å². The molecule has 0 aliphatic carbocycles. The van der Waals surface area contributed by atoms with Crippen molar-refractivity contribution in [2.24, 2.45) is 5.92 Å². The Morgan fingerprint density at radius 2 is 1.78 bits per heavy atom. The molecule has 0 aliphatic rings. The smallest absolute Gasteiger partial charge is 0.145 e. The molecule has 0 radical (unpaired) electrons. The molecule has 23 heavy (non-hydrogen) atoms. The summed E-state index contributed by atoms with van der Waals surface area (Å²) in [6.45, 7) is 0.617. The van der Waals surface area contributed by atoms with Crippen LogP contribution < -0.4 is 5.32 Å². The summed E-state index contributed by atoms with van der Waals surface area (Å²) in [5.74, 6) is 0.453. The molecule has 1 heterocycles. The summed E-state index contributed by atoms with van der Waals surface area (Å²) in [5, 5.41) is 12.8. The molecule has 2 aromatic carbocycles. The number of fused-ring (bicyclic) bond motifs is 1. The van der Waals surface area contributed by atoms with Crippen LogP contribution in [0.1, 0.15) is 5.56 Å². The first-order valence-electron chi connectivity index (χ1n) is 7.55. The number of para-hydroxylation sites is 2. The maximum Gasteiger partial charge on any atom is 0.145 e. The van der Waals surface area contributed by atoms with E-state index >= 15 is 0 Å². The van der Waals surface area contributed by atoms with Crippen LogP contribution in [-0.4, -0.2) is 28.2 Å². The Kier molecular flexibility index (Phi) is 4.78. The number of hydrogen-bond acceptors (Lipinski definition) is 4. The van der Waals surface area contributed by atoms with Gasteiger partial charge in [0.05, 0.1) is 17.2 Å². The van der Waals surface area contributed by atoms with Crippen LogP contribution in [0.4, 0.5) is 10.2 Å². The normalized spacial score (nSPS) is 12.3. The zero-order valence-electron chi connectivity index (χ0n) is 12.6. The fourth-order valence-corrected chi connectivity index (χ4v) is 2.45. The molecular weight excluding hydrogens is 293 g/mol. The Morgan fingerprint density at radius 1 is 1.04 bits per heavy atom. The van der Waals surface area contributed by atoms with Gasteiger partial charge in [-0.3, -0.25) is 4.98 Å². The topological polar surface area (TPSA) is 58.0 Å². The van der Waals surface area contributed by atoms with Gasteiger partial charge in [-0.2, -0.15) is 0 Å². The minimum Gasteiger partial charge on any atom is -0.396 e. The van der Waals surface area contributed by atoms with Crippen molar-refractivity contribution in [3.05, 3.63) is 66.1 Å². The molecule has 0 aliphatic heterocycles. The van der Waals surface area contributed by atoms with E-state index in [2.05, 4.69) is 15.3 Å². The molecule has 0 unspecified atom stereocenters. The monoisotopic (exact) mass is 311 g/mol. The van der Waals surface area contributed by atoms with Crippen LogP contribution in [0.15, 0.2) is 54.7 Å². The van der Waals surface area contributed by atoms with E-state index in [-0.39, 0.29) is 18.3 Å². The third kappa shape index (κ3) is 4.02. The second-order valence-electron chi connectivity index (χ2n) is 5.50. The molecule has 4 nitrogen and oxygen atoms in total. The molecule has 3 aromatic rings. The molecule has 118 valence electrons. The summed E-state index contributed by atoms with van der Waals surface area (Å²) < 4.78 is 12.9. The highest BCUT2D eigenvalue weighted by molar-refractivity contribution is 5.75. The lowest BCUT2D eigenvalue weighted by molar-refractivity contribution is 0.232. The maximum absolute atomic E-state index is 12.9. The molecule has 0 spiro atoms. The van der Waals surface area contributed by atoms with Gasteiger partial charge in [-0.05, 0) is 36.2 Å². The van der Waals surface area contributed by atoms with E-state index in [4.69, 9.17) is 0 Å². The van der Waals surface area contributed by atoms with Crippen molar-refractivity contribution in [1.82, 2.24) is 9.97 Å². The van der Waals surface area contributed by atoms with Crippen molar-refractivity contribution in [3.8, 4) is 0 Å². The molecule has 0 saturated heterocycles. The van der Waals surface area contributed by atoms with E-state index < -0.39 is 0 Å². The standard InChI is InChI=1S/C18H18FN3O/c19-15-7-5-13(6-8-15)9-14(12-23)10-21-18-11-20-16-3-1-2-4-17(16)22-18/h1-8,11,14,23H,9-10,12H2,(H,21,22)/t14-/m1/s1. The average molecular weight is 311 g/mol. The Labute approximate surface area is 134 Å². The Morgan fingerprint density at radius 3 is 2.52 bits per heavy atom. The predicted octanol–water partition coefficient (Wildman–Crippen LogP) is 3.03. The summed E-state index contributed by atoms with van der Waals surface area (Å²) >= 11 is 0. The summed E-state index contributed by atoms with van der Waals surface area (Å²) in [7, 11) is 0. The van der Waals surface area contributed by atoms with Crippen LogP contribution in [-0.2, 0) is 6.42 Å². The number of aliphatic hydroxyl groups excluding tert-OH is 1. The van der Waals surface area contributed by atoms with Gasteiger partial charge < -0.3 is 10.4 Å². The van der Waals surface area contributed by atoms with Crippen LogP contribution in [0, 0.1) is 11.7 Å². The summed E-state index contributed by atoms with van der Waals surface area (Å²) in [4.78, 5) is 8.84. The van der Waals surface area contributed by atoms with E-state index in [1.807, 2.05) is 24.3 Å². The Bertz CT molecular complexity index is 777. The van der Waals surface area contributed by atoms with Gasteiger partial charge in [-0.1, -0.05) is 24.3 Å². The molecule has 0 fully saturated rings. The van der Waals surface area contributed by atoms with Gasteiger partial charge in [0, 0.05) is 19.1 Å².